The molecule has 2 fully saturated rings. The van der Waals surface area contributed by atoms with E-state index in [-0.39, 0.29) is 6.61 Å². The monoisotopic (exact) mass is 318 g/mol. The SMILES string of the molecule is O=C(CCCC[C@@H]1CCSS1)N1CCN(CCO)CC1. The number of aliphatic hydroxyl groups excluding tert-OH is 1. The van der Waals surface area contributed by atoms with Crippen molar-refractivity contribution in [3.8, 4) is 0 Å². The van der Waals surface area contributed by atoms with Crippen LogP contribution < -0.4 is 0 Å². The zero-order valence-corrected chi connectivity index (χ0v) is 13.8. The number of nitrogens with zero attached hydrogens (tertiary/aromatic N) is 2. The lowest BCUT2D eigenvalue weighted by Gasteiger charge is -2.34. The number of rotatable bonds is 7. The van der Waals surface area contributed by atoms with Gasteiger partial charge in [-0.3, -0.25) is 9.69 Å². The number of carbonyl (C=O) groups excluding carboxylic acids is 1. The summed E-state index contributed by atoms with van der Waals surface area (Å²) in [6.07, 6.45) is 5.56. The maximum atomic E-state index is 12.1. The van der Waals surface area contributed by atoms with Crippen LogP contribution in [-0.2, 0) is 4.79 Å². The third kappa shape index (κ3) is 5.47. The maximum Gasteiger partial charge on any atom is 0.222 e. The molecule has 0 radical (unpaired) electrons. The van der Waals surface area contributed by atoms with Crippen molar-refractivity contribution in [1.82, 2.24) is 9.80 Å². The largest absolute Gasteiger partial charge is 0.395 e. The molecule has 1 atom stereocenters. The topological polar surface area (TPSA) is 43.8 Å². The third-order valence-corrected chi connectivity index (χ3v) is 7.04. The predicted molar refractivity (Wildman–Crippen MR) is 87.0 cm³/mol. The normalized spacial score (nSPS) is 24.2. The number of carbonyl (C=O) groups is 1. The molecule has 0 aromatic carbocycles. The first-order valence-electron chi connectivity index (χ1n) is 7.69. The van der Waals surface area contributed by atoms with E-state index < -0.39 is 0 Å². The van der Waals surface area contributed by atoms with Crippen LogP contribution in [0.1, 0.15) is 32.1 Å². The van der Waals surface area contributed by atoms with Gasteiger partial charge in [-0.25, -0.2) is 0 Å². The van der Waals surface area contributed by atoms with Crippen LogP contribution in [0, 0.1) is 0 Å². The summed E-state index contributed by atoms with van der Waals surface area (Å²) < 4.78 is 0. The predicted octanol–water partition coefficient (Wildman–Crippen LogP) is 1.84. The summed E-state index contributed by atoms with van der Waals surface area (Å²) >= 11 is 0. The van der Waals surface area contributed by atoms with E-state index in [1.807, 2.05) is 26.5 Å². The second-order valence-corrected chi connectivity index (χ2v) is 8.31. The Labute approximate surface area is 130 Å². The Kier molecular flexibility index (Phi) is 7.55. The van der Waals surface area contributed by atoms with Gasteiger partial charge in [0.2, 0.25) is 5.91 Å². The van der Waals surface area contributed by atoms with Crippen molar-refractivity contribution in [3.63, 3.8) is 0 Å². The number of aliphatic hydroxyl groups is 1. The van der Waals surface area contributed by atoms with Gasteiger partial charge in [0.15, 0.2) is 0 Å². The molecule has 0 spiro atoms. The van der Waals surface area contributed by atoms with E-state index in [1.165, 1.54) is 25.0 Å². The fourth-order valence-corrected chi connectivity index (χ4v) is 5.76. The van der Waals surface area contributed by atoms with Crippen LogP contribution in [0.3, 0.4) is 0 Å². The van der Waals surface area contributed by atoms with Gasteiger partial charge < -0.3 is 10.0 Å². The third-order valence-electron chi connectivity index (χ3n) is 4.04. The highest BCUT2D eigenvalue weighted by Crippen LogP contribution is 2.39. The summed E-state index contributed by atoms with van der Waals surface area (Å²) in [4.78, 5) is 16.3. The Morgan fingerprint density at radius 1 is 1.20 bits per heavy atom. The molecule has 2 aliphatic rings. The molecule has 0 saturated carbocycles. The van der Waals surface area contributed by atoms with Gasteiger partial charge >= 0.3 is 0 Å². The van der Waals surface area contributed by atoms with E-state index in [1.54, 1.807) is 0 Å². The molecule has 1 N–H and O–H groups in total. The summed E-state index contributed by atoms with van der Waals surface area (Å²) in [7, 11) is 4.02. The van der Waals surface area contributed by atoms with E-state index in [9.17, 15) is 4.79 Å². The Balaban J connectivity index is 1.53. The number of amides is 1. The molecule has 0 aliphatic carbocycles. The minimum absolute atomic E-state index is 0.214. The number of unbranched alkanes of at least 4 members (excludes halogenated alkanes) is 1. The zero-order chi connectivity index (χ0) is 14.2. The second kappa shape index (κ2) is 9.18. The second-order valence-electron chi connectivity index (χ2n) is 5.52. The van der Waals surface area contributed by atoms with E-state index in [4.69, 9.17) is 5.11 Å². The smallest absolute Gasteiger partial charge is 0.222 e. The number of piperazine rings is 1. The van der Waals surface area contributed by atoms with Crippen molar-refractivity contribution in [2.45, 2.75) is 37.4 Å². The average molecular weight is 319 g/mol. The van der Waals surface area contributed by atoms with Crippen molar-refractivity contribution in [2.24, 2.45) is 0 Å². The molecule has 20 heavy (non-hydrogen) atoms. The number of β-amino-alcohol motifs (C(OH)–C–C–N with tert-alkyl or cyclic N) is 1. The van der Waals surface area contributed by atoms with Crippen LogP contribution in [0.15, 0.2) is 0 Å². The molecule has 2 heterocycles. The highest BCUT2D eigenvalue weighted by atomic mass is 33.1. The molecular formula is C14H26N2O2S2. The molecule has 0 bridgehead atoms. The number of hydrogen-bond donors (Lipinski definition) is 1. The van der Waals surface area contributed by atoms with Gasteiger partial charge in [-0.05, 0) is 19.3 Å². The molecule has 2 rings (SSSR count). The molecule has 2 saturated heterocycles. The van der Waals surface area contributed by atoms with E-state index in [2.05, 4.69) is 4.90 Å². The van der Waals surface area contributed by atoms with Gasteiger partial charge in [-0.15, -0.1) is 0 Å². The highest BCUT2D eigenvalue weighted by molar-refractivity contribution is 8.77. The molecule has 1 amide bonds. The first-order chi connectivity index (χ1) is 9.79. The van der Waals surface area contributed by atoms with Crippen LogP contribution in [-0.4, -0.2) is 71.1 Å². The van der Waals surface area contributed by atoms with Crippen molar-refractivity contribution < 1.29 is 9.90 Å². The quantitative estimate of drug-likeness (QED) is 0.573. The molecular weight excluding hydrogens is 292 g/mol. The Hall–Kier alpha value is 0.0900. The molecule has 116 valence electrons. The lowest BCUT2D eigenvalue weighted by molar-refractivity contribution is -0.133. The molecule has 6 heteroatoms. The van der Waals surface area contributed by atoms with Crippen LogP contribution in [0.25, 0.3) is 0 Å². The van der Waals surface area contributed by atoms with E-state index >= 15 is 0 Å². The Bertz CT molecular complexity index is 291. The van der Waals surface area contributed by atoms with Crippen LogP contribution in [0.2, 0.25) is 0 Å². The van der Waals surface area contributed by atoms with Crippen molar-refractivity contribution in [2.75, 3.05) is 45.1 Å². The van der Waals surface area contributed by atoms with Gasteiger partial charge in [0, 0.05) is 50.1 Å². The van der Waals surface area contributed by atoms with Crippen molar-refractivity contribution >= 4 is 27.5 Å². The molecule has 0 unspecified atom stereocenters. The van der Waals surface area contributed by atoms with Gasteiger partial charge in [0.05, 0.1) is 6.61 Å². The van der Waals surface area contributed by atoms with Gasteiger partial charge in [-0.1, -0.05) is 28.0 Å². The zero-order valence-electron chi connectivity index (χ0n) is 12.1. The van der Waals surface area contributed by atoms with Gasteiger partial charge in [0.1, 0.15) is 0 Å². The van der Waals surface area contributed by atoms with Crippen LogP contribution in [0.4, 0.5) is 0 Å². The van der Waals surface area contributed by atoms with Crippen LogP contribution >= 0.6 is 21.6 Å². The Morgan fingerprint density at radius 3 is 2.65 bits per heavy atom. The van der Waals surface area contributed by atoms with Gasteiger partial charge in [-0.2, -0.15) is 0 Å². The number of hydrogen-bond acceptors (Lipinski definition) is 5. The van der Waals surface area contributed by atoms with E-state index in [0.29, 0.717) is 12.3 Å². The van der Waals surface area contributed by atoms with Gasteiger partial charge in [0.25, 0.3) is 0 Å². The summed E-state index contributed by atoms with van der Waals surface area (Å²) in [5.41, 5.74) is 0. The van der Waals surface area contributed by atoms with E-state index in [0.717, 1.165) is 44.4 Å². The van der Waals surface area contributed by atoms with Crippen LogP contribution in [0.5, 0.6) is 0 Å². The maximum absolute atomic E-state index is 12.1. The first-order valence-corrected chi connectivity index (χ1v) is 10.1. The first kappa shape index (κ1) is 16.5. The standard InChI is InChI=1S/C14H26N2O2S2/c17-11-10-15-6-8-16(9-7-15)14(18)4-2-1-3-13-5-12-19-20-13/h13,17H,1-12H2/t13-/m1/s1. The summed E-state index contributed by atoms with van der Waals surface area (Å²) in [5.74, 6) is 1.62. The molecule has 0 aromatic heterocycles. The minimum Gasteiger partial charge on any atom is -0.395 e. The lowest BCUT2D eigenvalue weighted by Crippen LogP contribution is -2.49. The van der Waals surface area contributed by atoms with Crippen molar-refractivity contribution in [3.05, 3.63) is 0 Å². The Morgan fingerprint density at radius 2 is 2.00 bits per heavy atom. The van der Waals surface area contributed by atoms with Crippen molar-refractivity contribution in [1.29, 1.82) is 0 Å². The lowest BCUT2D eigenvalue weighted by atomic mass is 10.1. The fraction of sp³-hybridized carbons (Fsp3) is 0.929. The highest BCUT2D eigenvalue weighted by Gasteiger charge is 2.20. The summed E-state index contributed by atoms with van der Waals surface area (Å²) in [6.45, 7) is 4.41. The summed E-state index contributed by atoms with van der Waals surface area (Å²) in [6, 6.07) is 0. The molecule has 4 nitrogen and oxygen atoms in total. The fourth-order valence-electron chi connectivity index (χ4n) is 2.73. The summed E-state index contributed by atoms with van der Waals surface area (Å²) in [5, 5.41) is 9.73. The molecule has 2 aliphatic heterocycles. The molecule has 0 aromatic rings. The minimum atomic E-state index is 0.214. The average Bonchev–Trinajstić information content (AvgIpc) is 2.98.